The highest BCUT2D eigenvalue weighted by molar-refractivity contribution is 5.58. The molecule has 5 heteroatoms. The van der Waals surface area contributed by atoms with Crippen LogP contribution in [0.5, 0.6) is 0 Å². The van der Waals surface area contributed by atoms with Gasteiger partial charge < -0.3 is 15.4 Å². The molecule has 0 saturated carbocycles. The Kier molecular flexibility index (Phi) is 3.51. The fourth-order valence-corrected chi connectivity index (χ4v) is 1.59. The fraction of sp³-hybridized carbons (Fsp3) is 0.333. The van der Waals surface area contributed by atoms with Crippen molar-refractivity contribution in [2.75, 3.05) is 6.54 Å². The Morgan fingerprint density at radius 2 is 2.18 bits per heavy atom. The monoisotopic (exact) mass is 233 g/mol. The SMILES string of the molecule is Cc1ccccc1-c1noc(C(O)CCN)n1. The fourth-order valence-electron chi connectivity index (χ4n) is 1.59. The molecule has 2 rings (SSSR count). The summed E-state index contributed by atoms with van der Waals surface area (Å²) in [4.78, 5) is 4.18. The molecule has 0 fully saturated rings. The molecule has 0 radical (unpaired) electrons. The lowest BCUT2D eigenvalue weighted by molar-refractivity contribution is 0.127. The molecule has 1 atom stereocenters. The molecule has 0 aliphatic rings. The zero-order chi connectivity index (χ0) is 12.3. The average Bonchev–Trinajstić information content (AvgIpc) is 2.79. The van der Waals surface area contributed by atoms with Crippen molar-refractivity contribution in [3.8, 4) is 11.4 Å². The Balaban J connectivity index is 2.27. The van der Waals surface area contributed by atoms with Crippen LogP contribution in [0.25, 0.3) is 11.4 Å². The van der Waals surface area contributed by atoms with Gasteiger partial charge in [-0.3, -0.25) is 0 Å². The maximum absolute atomic E-state index is 9.67. The molecule has 0 spiro atoms. The van der Waals surface area contributed by atoms with Gasteiger partial charge in [-0.1, -0.05) is 29.4 Å². The lowest BCUT2D eigenvalue weighted by Crippen LogP contribution is -2.06. The minimum atomic E-state index is -0.787. The van der Waals surface area contributed by atoms with Crippen molar-refractivity contribution < 1.29 is 9.63 Å². The quantitative estimate of drug-likeness (QED) is 0.834. The number of aromatic nitrogens is 2. The Labute approximate surface area is 99.3 Å². The number of rotatable bonds is 4. The molecule has 0 bridgehead atoms. The highest BCUT2D eigenvalue weighted by Crippen LogP contribution is 2.22. The first-order chi connectivity index (χ1) is 8.22. The Morgan fingerprint density at radius 1 is 1.41 bits per heavy atom. The Bertz CT molecular complexity index is 496. The summed E-state index contributed by atoms with van der Waals surface area (Å²) < 4.78 is 5.02. The van der Waals surface area contributed by atoms with E-state index in [2.05, 4.69) is 10.1 Å². The van der Waals surface area contributed by atoms with E-state index in [0.29, 0.717) is 18.8 Å². The van der Waals surface area contributed by atoms with Crippen LogP contribution in [0.15, 0.2) is 28.8 Å². The van der Waals surface area contributed by atoms with Crippen molar-refractivity contribution in [1.29, 1.82) is 0 Å². The van der Waals surface area contributed by atoms with Gasteiger partial charge in [0.15, 0.2) is 0 Å². The van der Waals surface area contributed by atoms with Crippen molar-refractivity contribution in [3.05, 3.63) is 35.7 Å². The summed E-state index contributed by atoms with van der Waals surface area (Å²) >= 11 is 0. The molecule has 1 unspecified atom stereocenters. The predicted octanol–water partition coefficient (Wildman–Crippen LogP) is 1.43. The van der Waals surface area contributed by atoms with E-state index < -0.39 is 6.10 Å². The zero-order valence-electron chi connectivity index (χ0n) is 9.63. The summed E-state index contributed by atoms with van der Waals surface area (Å²) in [6.07, 6.45) is -0.375. The van der Waals surface area contributed by atoms with E-state index >= 15 is 0 Å². The number of aliphatic hydroxyl groups excluding tert-OH is 1. The molecule has 0 amide bonds. The minimum Gasteiger partial charge on any atom is -0.383 e. The molecular formula is C12H15N3O2. The number of hydrogen-bond donors (Lipinski definition) is 2. The topological polar surface area (TPSA) is 85.2 Å². The molecule has 2 aromatic rings. The molecule has 1 aromatic heterocycles. The van der Waals surface area contributed by atoms with Gasteiger partial charge in [0.2, 0.25) is 5.82 Å². The molecular weight excluding hydrogens is 218 g/mol. The van der Waals surface area contributed by atoms with E-state index in [1.54, 1.807) is 0 Å². The largest absolute Gasteiger partial charge is 0.383 e. The summed E-state index contributed by atoms with van der Waals surface area (Å²) in [5.41, 5.74) is 7.33. The maximum atomic E-state index is 9.67. The standard InChI is InChI=1S/C12H15N3O2/c1-8-4-2-3-5-9(8)11-14-12(17-15-11)10(16)6-7-13/h2-5,10,16H,6-7,13H2,1H3. The Hall–Kier alpha value is -1.72. The molecule has 0 saturated heterocycles. The van der Waals surface area contributed by atoms with Gasteiger partial charge in [-0.05, 0) is 25.5 Å². The van der Waals surface area contributed by atoms with Crippen molar-refractivity contribution in [1.82, 2.24) is 10.1 Å². The van der Waals surface area contributed by atoms with Gasteiger partial charge in [-0.15, -0.1) is 0 Å². The van der Waals surface area contributed by atoms with E-state index in [4.69, 9.17) is 10.3 Å². The number of aryl methyl sites for hydroxylation is 1. The van der Waals surface area contributed by atoms with Gasteiger partial charge >= 0.3 is 0 Å². The van der Waals surface area contributed by atoms with Crippen LogP contribution >= 0.6 is 0 Å². The highest BCUT2D eigenvalue weighted by atomic mass is 16.5. The molecule has 3 N–H and O–H groups in total. The number of nitrogens with two attached hydrogens (primary N) is 1. The first-order valence-corrected chi connectivity index (χ1v) is 5.50. The number of benzene rings is 1. The second-order valence-electron chi connectivity index (χ2n) is 3.86. The van der Waals surface area contributed by atoms with Crippen molar-refractivity contribution in [3.63, 3.8) is 0 Å². The van der Waals surface area contributed by atoms with Crippen LogP contribution < -0.4 is 5.73 Å². The van der Waals surface area contributed by atoms with E-state index in [1.807, 2.05) is 31.2 Å². The summed E-state index contributed by atoms with van der Waals surface area (Å²) in [6, 6.07) is 7.75. The van der Waals surface area contributed by atoms with Crippen LogP contribution in [0.2, 0.25) is 0 Å². The zero-order valence-corrected chi connectivity index (χ0v) is 9.63. The summed E-state index contributed by atoms with van der Waals surface area (Å²) in [6.45, 7) is 2.35. The number of hydrogen-bond acceptors (Lipinski definition) is 5. The molecule has 0 aliphatic heterocycles. The first-order valence-electron chi connectivity index (χ1n) is 5.50. The average molecular weight is 233 g/mol. The van der Waals surface area contributed by atoms with Crippen LogP contribution in [-0.2, 0) is 0 Å². The van der Waals surface area contributed by atoms with Crippen LogP contribution in [0.1, 0.15) is 24.0 Å². The van der Waals surface area contributed by atoms with Gasteiger partial charge in [0.05, 0.1) is 0 Å². The Morgan fingerprint density at radius 3 is 2.88 bits per heavy atom. The lowest BCUT2D eigenvalue weighted by Gasteiger charge is -2.01. The number of aliphatic hydroxyl groups is 1. The van der Waals surface area contributed by atoms with Crippen LogP contribution in [0.4, 0.5) is 0 Å². The second kappa shape index (κ2) is 5.07. The van der Waals surface area contributed by atoms with Crippen molar-refractivity contribution in [2.24, 2.45) is 5.73 Å². The molecule has 5 nitrogen and oxygen atoms in total. The molecule has 1 aromatic carbocycles. The van der Waals surface area contributed by atoms with Crippen LogP contribution in [-0.4, -0.2) is 21.8 Å². The molecule has 0 aliphatic carbocycles. The van der Waals surface area contributed by atoms with Gasteiger partial charge in [0.1, 0.15) is 6.10 Å². The summed E-state index contributed by atoms with van der Waals surface area (Å²) in [5.74, 6) is 0.711. The smallest absolute Gasteiger partial charge is 0.255 e. The third-order valence-electron chi connectivity index (χ3n) is 2.55. The van der Waals surface area contributed by atoms with E-state index in [9.17, 15) is 5.11 Å². The van der Waals surface area contributed by atoms with Crippen LogP contribution in [0, 0.1) is 6.92 Å². The van der Waals surface area contributed by atoms with E-state index in [-0.39, 0.29) is 5.89 Å². The third-order valence-corrected chi connectivity index (χ3v) is 2.55. The minimum absolute atomic E-state index is 0.216. The first kappa shape index (κ1) is 11.8. The van der Waals surface area contributed by atoms with Crippen LogP contribution in [0.3, 0.4) is 0 Å². The highest BCUT2D eigenvalue weighted by Gasteiger charge is 2.16. The summed E-state index contributed by atoms with van der Waals surface area (Å²) in [5, 5.41) is 13.5. The van der Waals surface area contributed by atoms with Gasteiger partial charge in [0.25, 0.3) is 5.89 Å². The molecule has 90 valence electrons. The van der Waals surface area contributed by atoms with Crippen molar-refractivity contribution in [2.45, 2.75) is 19.4 Å². The van der Waals surface area contributed by atoms with E-state index in [0.717, 1.165) is 11.1 Å². The predicted molar refractivity (Wildman–Crippen MR) is 63.1 cm³/mol. The maximum Gasteiger partial charge on any atom is 0.255 e. The van der Waals surface area contributed by atoms with E-state index in [1.165, 1.54) is 0 Å². The van der Waals surface area contributed by atoms with Gasteiger partial charge in [0, 0.05) is 5.56 Å². The van der Waals surface area contributed by atoms with Gasteiger partial charge in [-0.25, -0.2) is 0 Å². The normalized spacial score (nSPS) is 12.6. The lowest BCUT2D eigenvalue weighted by atomic mass is 10.1. The number of nitrogens with zero attached hydrogens (tertiary/aromatic N) is 2. The third kappa shape index (κ3) is 2.51. The van der Waals surface area contributed by atoms with Crippen molar-refractivity contribution >= 4 is 0 Å². The van der Waals surface area contributed by atoms with Gasteiger partial charge in [-0.2, -0.15) is 4.98 Å². The second-order valence-corrected chi connectivity index (χ2v) is 3.86. The molecule has 1 heterocycles. The summed E-state index contributed by atoms with van der Waals surface area (Å²) in [7, 11) is 0. The molecule has 17 heavy (non-hydrogen) atoms.